The first kappa shape index (κ1) is 30.2. The number of hydrogen-bond acceptors (Lipinski definition) is 3. The van der Waals surface area contributed by atoms with E-state index in [1.165, 1.54) is 12.0 Å². The average molecular weight is 543 g/mol. The molecule has 0 spiro atoms. The lowest BCUT2D eigenvalue weighted by molar-refractivity contribution is -0.133. The second kappa shape index (κ2) is 13.1. The zero-order valence-electron chi connectivity index (χ0n) is 22.8. The summed E-state index contributed by atoms with van der Waals surface area (Å²) in [6, 6.07) is 7.84. The van der Waals surface area contributed by atoms with Gasteiger partial charge in [0, 0.05) is 6.42 Å². The number of benzene rings is 2. The molecule has 1 aliphatic rings. The van der Waals surface area contributed by atoms with Gasteiger partial charge < -0.3 is 14.2 Å². The smallest absolute Gasteiger partial charge is 0.206 e. The molecule has 38 heavy (non-hydrogen) atoms. The number of unbranched alkanes of at least 4 members (excludes halogenated alkanes) is 1. The Morgan fingerprint density at radius 2 is 1.39 bits per heavy atom. The zero-order chi connectivity index (χ0) is 27.9. The number of rotatable bonds is 12. The Kier molecular flexibility index (Phi) is 10.4. The van der Waals surface area contributed by atoms with E-state index in [1.807, 2.05) is 24.3 Å². The van der Waals surface area contributed by atoms with Crippen LogP contribution in [-0.4, -0.2) is 19.5 Å². The maximum absolute atomic E-state index is 14.0. The highest BCUT2D eigenvalue weighted by molar-refractivity contribution is 5.30. The molecule has 2 aromatic carbocycles. The fourth-order valence-electron chi connectivity index (χ4n) is 5.24. The highest BCUT2D eigenvalue weighted by Gasteiger charge is 2.44. The predicted molar refractivity (Wildman–Crippen MR) is 137 cm³/mol. The van der Waals surface area contributed by atoms with Gasteiger partial charge in [-0.1, -0.05) is 65.5 Å². The van der Waals surface area contributed by atoms with Gasteiger partial charge in [0.1, 0.15) is 12.4 Å². The van der Waals surface area contributed by atoms with Crippen molar-refractivity contribution in [1.29, 1.82) is 0 Å². The molecule has 0 radical (unpaired) electrons. The van der Waals surface area contributed by atoms with Gasteiger partial charge in [-0.2, -0.15) is 8.78 Å². The van der Waals surface area contributed by atoms with Gasteiger partial charge >= 0.3 is 0 Å². The molecule has 1 unspecified atom stereocenters. The number of halogens is 5. The lowest BCUT2D eigenvalue weighted by atomic mass is 9.57. The summed E-state index contributed by atoms with van der Waals surface area (Å²) in [7, 11) is 0. The molecule has 0 N–H and O–H groups in total. The molecule has 0 aliphatic heterocycles. The fraction of sp³-hybridized carbons (Fsp3) is 0.600. The van der Waals surface area contributed by atoms with Crippen LogP contribution in [0.1, 0.15) is 84.6 Å². The van der Waals surface area contributed by atoms with Crippen molar-refractivity contribution < 1.29 is 36.2 Å². The highest BCUT2D eigenvalue weighted by atomic mass is 19.2. The van der Waals surface area contributed by atoms with Crippen LogP contribution in [0.15, 0.2) is 24.3 Å². The Balaban J connectivity index is 1.73. The first-order valence-corrected chi connectivity index (χ1v) is 13.5. The summed E-state index contributed by atoms with van der Waals surface area (Å²) in [6.07, 6.45) is 8.55. The first-order chi connectivity index (χ1) is 18.0. The molecule has 0 amide bonds. The molecule has 8 heteroatoms. The molecule has 0 aromatic heterocycles. The minimum atomic E-state index is -2.22. The summed E-state index contributed by atoms with van der Waals surface area (Å²) < 4.78 is 85.4. The third kappa shape index (κ3) is 7.19. The second-order valence-corrected chi connectivity index (χ2v) is 11.2. The van der Waals surface area contributed by atoms with Crippen molar-refractivity contribution in [1.82, 2.24) is 0 Å². The maximum Gasteiger partial charge on any atom is 0.206 e. The van der Waals surface area contributed by atoms with Gasteiger partial charge in [-0.25, -0.2) is 13.2 Å². The Morgan fingerprint density at radius 3 is 1.95 bits per heavy atom. The van der Waals surface area contributed by atoms with E-state index in [2.05, 4.69) is 27.7 Å². The van der Waals surface area contributed by atoms with Gasteiger partial charge in [0.05, 0.1) is 6.61 Å². The lowest BCUT2D eigenvalue weighted by Crippen LogP contribution is -2.42. The molecule has 2 aromatic rings. The minimum absolute atomic E-state index is 0.0195. The summed E-state index contributed by atoms with van der Waals surface area (Å²) in [5.74, 6) is -11.0. The molecule has 0 saturated heterocycles. The molecular formula is C30H39F5O3. The van der Waals surface area contributed by atoms with Crippen molar-refractivity contribution in [2.75, 3.05) is 13.2 Å². The summed E-state index contributed by atoms with van der Waals surface area (Å²) in [4.78, 5) is 0. The standard InChI is InChI=1S/C30H39F5O3/c1-5-6-10-20-11-13-21(14-12-20)38-22(19-30(29(2,3)4)15-8-7-9-16-30)36-17-18-37-28-26(34)24(32)23(31)25(33)27(28)35/h11-14,22H,5-10,15-19H2,1-4H3. The van der Waals surface area contributed by atoms with Crippen LogP contribution in [0.5, 0.6) is 11.5 Å². The summed E-state index contributed by atoms with van der Waals surface area (Å²) in [6.45, 7) is 8.19. The number of aryl methyl sites for hydroxylation is 1. The van der Waals surface area contributed by atoms with Crippen LogP contribution in [0.2, 0.25) is 0 Å². The van der Waals surface area contributed by atoms with Crippen LogP contribution >= 0.6 is 0 Å². The maximum atomic E-state index is 14.0. The second-order valence-electron chi connectivity index (χ2n) is 11.2. The molecule has 1 saturated carbocycles. The van der Waals surface area contributed by atoms with Gasteiger partial charge in [-0.05, 0) is 54.2 Å². The fourth-order valence-corrected chi connectivity index (χ4v) is 5.24. The summed E-state index contributed by atoms with van der Waals surface area (Å²) >= 11 is 0. The van der Waals surface area contributed by atoms with E-state index in [4.69, 9.17) is 14.2 Å². The van der Waals surface area contributed by atoms with Gasteiger partial charge in [-0.15, -0.1) is 0 Å². The highest BCUT2D eigenvalue weighted by Crippen LogP contribution is 2.53. The minimum Gasteiger partial charge on any atom is -0.485 e. The van der Waals surface area contributed by atoms with Crippen LogP contribution in [0, 0.1) is 39.9 Å². The van der Waals surface area contributed by atoms with Gasteiger partial charge in [-0.3, -0.25) is 0 Å². The van der Waals surface area contributed by atoms with E-state index in [0.717, 1.165) is 44.9 Å². The van der Waals surface area contributed by atoms with E-state index in [9.17, 15) is 22.0 Å². The quantitative estimate of drug-likeness (QED) is 0.0881. The average Bonchev–Trinajstić information content (AvgIpc) is 2.89. The molecule has 1 atom stereocenters. The van der Waals surface area contributed by atoms with Crippen LogP contribution in [0.4, 0.5) is 22.0 Å². The number of ether oxygens (including phenoxy) is 3. The van der Waals surface area contributed by atoms with E-state index < -0.39 is 47.7 Å². The Bertz CT molecular complexity index is 1010. The molecule has 212 valence electrons. The van der Waals surface area contributed by atoms with Crippen molar-refractivity contribution in [3.63, 3.8) is 0 Å². The van der Waals surface area contributed by atoms with Crippen molar-refractivity contribution in [2.24, 2.45) is 10.8 Å². The third-order valence-corrected chi connectivity index (χ3v) is 7.77. The molecule has 3 rings (SSSR count). The molecule has 1 aliphatic carbocycles. The Morgan fingerprint density at radius 1 is 0.816 bits per heavy atom. The van der Waals surface area contributed by atoms with Gasteiger partial charge in [0.25, 0.3) is 0 Å². The Hall–Kier alpha value is -2.35. The summed E-state index contributed by atoms with van der Waals surface area (Å²) in [5, 5.41) is 0. The van der Waals surface area contributed by atoms with Crippen LogP contribution in [-0.2, 0) is 11.2 Å². The van der Waals surface area contributed by atoms with Crippen LogP contribution in [0.25, 0.3) is 0 Å². The zero-order valence-corrected chi connectivity index (χ0v) is 22.8. The predicted octanol–water partition coefficient (Wildman–Crippen LogP) is 8.91. The third-order valence-electron chi connectivity index (χ3n) is 7.77. The molecule has 0 bridgehead atoms. The van der Waals surface area contributed by atoms with E-state index in [0.29, 0.717) is 12.2 Å². The first-order valence-electron chi connectivity index (χ1n) is 13.5. The normalized spacial score (nSPS) is 16.3. The largest absolute Gasteiger partial charge is 0.485 e. The monoisotopic (exact) mass is 542 g/mol. The van der Waals surface area contributed by atoms with E-state index in [-0.39, 0.29) is 17.4 Å². The SMILES string of the molecule is CCCCc1ccc(OC(CC2(C(C)(C)C)CCCCC2)OCCOc2c(F)c(F)c(F)c(F)c2F)cc1. The van der Waals surface area contributed by atoms with E-state index >= 15 is 0 Å². The van der Waals surface area contributed by atoms with Crippen molar-refractivity contribution in [3.05, 3.63) is 58.9 Å². The number of hydrogen-bond donors (Lipinski definition) is 0. The molecule has 3 nitrogen and oxygen atoms in total. The van der Waals surface area contributed by atoms with E-state index in [1.54, 1.807) is 0 Å². The molecule has 1 fully saturated rings. The lowest BCUT2D eigenvalue weighted by Gasteiger charge is -2.49. The topological polar surface area (TPSA) is 27.7 Å². The van der Waals surface area contributed by atoms with Gasteiger partial charge in [0.2, 0.25) is 35.4 Å². The Labute approximate surface area is 222 Å². The van der Waals surface area contributed by atoms with Crippen molar-refractivity contribution >= 4 is 0 Å². The van der Waals surface area contributed by atoms with Gasteiger partial charge in [0.15, 0.2) is 5.75 Å². The van der Waals surface area contributed by atoms with Crippen LogP contribution < -0.4 is 9.47 Å². The molecule has 0 heterocycles. The molecular weight excluding hydrogens is 503 g/mol. The van der Waals surface area contributed by atoms with Crippen LogP contribution in [0.3, 0.4) is 0 Å². The van der Waals surface area contributed by atoms with Crippen molar-refractivity contribution in [2.45, 2.75) is 91.8 Å². The van der Waals surface area contributed by atoms with Crippen molar-refractivity contribution in [3.8, 4) is 11.5 Å². The summed E-state index contributed by atoms with van der Waals surface area (Å²) in [5.41, 5.74) is 1.15.